The lowest BCUT2D eigenvalue weighted by Gasteiger charge is -2.21. The highest BCUT2D eigenvalue weighted by Gasteiger charge is 2.13. The summed E-state index contributed by atoms with van der Waals surface area (Å²) in [4.78, 5) is 14.6. The van der Waals surface area contributed by atoms with E-state index in [4.69, 9.17) is 11.6 Å². The smallest absolute Gasteiger partial charge is 0.267 e. The SMILES string of the molecule is N#C/C(=C/N(Cc1ccccc1)Cc1ccccc1)C(=O)Nc1ccc(Cl)cc1. The Morgan fingerprint density at radius 2 is 1.41 bits per heavy atom. The van der Waals surface area contributed by atoms with Gasteiger partial charge in [0.2, 0.25) is 0 Å². The zero-order valence-corrected chi connectivity index (χ0v) is 16.5. The zero-order chi connectivity index (χ0) is 20.5. The van der Waals surface area contributed by atoms with Gasteiger partial charge in [0.1, 0.15) is 11.6 Å². The van der Waals surface area contributed by atoms with Gasteiger partial charge in [0.15, 0.2) is 0 Å². The van der Waals surface area contributed by atoms with Crippen LogP contribution in [0.5, 0.6) is 0 Å². The lowest BCUT2D eigenvalue weighted by molar-refractivity contribution is -0.112. The summed E-state index contributed by atoms with van der Waals surface area (Å²) < 4.78 is 0. The largest absolute Gasteiger partial charge is 0.367 e. The van der Waals surface area contributed by atoms with E-state index in [0.29, 0.717) is 23.8 Å². The van der Waals surface area contributed by atoms with Crippen LogP contribution < -0.4 is 5.32 Å². The van der Waals surface area contributed by atoms with Crippen molar-refractivity contribution in [3.8, 4) is 6.07 Å². The number of halogens is 1. The first-order valence-electron chi connectivity index (χ1n) is 9.15. The summed E-state index contributed by atoms with van der Waals surface area (Å²) in [6.07, 6.45) is 1.62. The molecule has 4 nitrogen and oxygen atoms in total. The van der Waals surface area contributed by atoms with Crippen molar-refractivity contribution in [3.05, 3.63) is 113 Å². The summed E-state index contributed by atoms with van der Waals surface area (Å²) in [5.74, 6) is -0.457. The minimum Gasteiger partial charge on any atom is -0.367 e. The Balaban J connectivity index is 1.81. The molecule has 29 heavy (non-hydrogen) atoms. The fraction of sp³-hybridized carbons (Fsp3) is 0.0833. The van der Waals surface area contributed by atoms with Gasteiger partial charge in [0, 0.05) is 30.0 Å². The third-order valence-electron chi connectivity index (χ3n) is 4.24. The van der Waals surface area contributed by atoms with E-state index in [2.05, 4.69) is 5.32 Å². The van der Waals surface area contributed by atoms with Crippen LogP contribution >= 0.6 is 11.6 Å². The van der Waals surface area contributed by atoms with Crippen molar-refractivity contribution in [2.75, 3.05) is 5.32 Å². The lowest BCUT2D eigenvalue weighted by Crippen LogP contribution is -2.21. The van der Waals surface area contributed by atoms with E-state index in [1.807, 2.05) is 71.6 Å². The molecule has 0 saturated heterocycles. The van der Waals surface area contributed by atoms with E-state index in [1.165, 1.54) is 0 Å². The van der Waals surface area contributed by atoms with E-state index in [9.17, 15) is 10.1 Å². The van der Waals surface area contributed by atoms with Gasteiger partial charge in [0.25, 0.3) is 5.91 Å². The van der Waals surface area contributed by atoms with Gasteiger partial charge in [-0.2, -0.15) is 5.26 Å². The average molecular weight is 402 g/mol. The number of anilines is 1. The Morgan fingerprint density at radius 1 is 0.897 bits per heavy atom. The van der Waals surface area contributed by atoms with Gasteiger partial charge in [-0.3, -0.25) is 4.79 Å². The molecule has 0 heterocycles. The van der Waals surface area contributed by atoms with Crippen LogP contribution in [-0.4, -0.2) is 10.8 Å². The Kier molecular flexibility index (Phi) is 7.05. The first-order chi connectivity index (χ1) is 14.1. The topological polar surface area (TPSA) is 56.1 Å². The fourth-order valence-electron chi connectivity index (χ4n) is 2.84. The molecule has 0 aliphatic heterocycles. The highest BCUT2D eigenvalue weighted by Crippen LogP contribution is 2.16. The highest BCUT2D eigenvalue weighted by atomic mass is 35.5. The second-order valence-corrected chi connectivity index (χ2v) is 6.93. The van der Waals surface area contributed by atoms with Crippen LogP contribution in [0.25, 0.3) is 0 Å². The molecule has 0 radical (unpaired) electrons. The molecule has 0 bridgehead atoms. The standard InChI is InChI=1S/C24H20ClN3O/c25-22-11-13-23(14-12-22)27-24(29)21(15-26)18-28(16-19-7-3-1-4-8-19)17-20-9-5-2-6-10-20/h1-14,18H,16-17H2,(H,27,29)/b21-18-. The van der Waals surface area contributed by atoms with Crippen LogP contribution in [0.15, 0.2) is 96.7 Å². The normalized spacial score (nSPS) is 10.8. The third-order valence-corrected chi connectivity index (χ3v) is 4.49. The van der Waals surface area contributed by atoms with Crippen molar-refractivity contribution < 1.29 is 4.79 Å². The molecule has 1 N–H and O–H groups in total. The van der Waals surface area contributed by atoms with Gasteiger partial charge in [-0.25, -0.2) is 0 Å². The second-order valence-electron chi connectivity index (χ2n) is 6.49. The Bertz CT molecular complexity index is 968. The van der Waals surface area contributed by atoms with Crippen LogP contribution in [-0.2, 0) is 17.9 Å². The van der Waals surface area contributed by atoms with Crippen LogP contribution in [0.2, 0.25) is 5.02 Å². The summed E-state index contributed by atoms with van der Waals surface area (Å²) in [5, 5.41) is 12.9. The van der Waals surface area contributed by atoms with Gasteiger partial charge < -0.3 is 10.2 Å². The lowest BCUT2D eigenvalue weighted by atomic mass is 10.1. The predicted molar refractivity (Wildman–Crippen MR) is 116 cm³/mol. The zero-order valence-electron chi connectivity index (χ0n) is 15.8. The summed E-state index contributed by atoms with van der Waals surface area (Å²) in [5.41, 5.74) is 2.80. The monoisotopic (exact) mass is 401 g/mol. The molecule has 0 aliphatic rings. The number of nitrogens with one attached hydrogen (secondary N) is 1. The maximum absolute atomic E-state index is 12.6. The van der Waals surface area contributed by atoms with Crippen molar-refractivity contribution >= 4 is 23.2 Å². The maximum atomic E-state index is 12.6. The summed E-state index contributed by atoms with van der Waals surface area (Å²) in [6, 6.07) is 28.7. The van der Waals surface area contributed by atoms with E-state index in [1.54, 1.807) is 30.5 Å². The molecule has 3 aromatic rings. The van der Waals surface area contributed by atoms with Gasteiger partial charge in [0.05, 0.1) is 0 Å². The maximum Gasteiger partial charge on any atom is 0.267 e. The average Bonchev–Trinajstić information content (AvgIpc) is 2.75. The van der Waals surface area contributed by atoms with Crippen LogP contribution in [0.1, 0.15) is 11.1 Å². The molecule has 3 aromatic carbocycles. The van der Waals surface area contributed by atoms with E-state index >= 15 is 0 Å². The number of nitriles is 1. The fourth-order valence-corrected chi connectivity index (χ4v) is 2.96. The number of hydrogen-bond donors (Lipinski definition) is 1. The van der Waals surface area contributed by atoms with Crippen molar-refractivity contribution in [2.45, 2.75) is 13.1 Å². The molecule has 0 aromatic heterocycles. The molecule has 1 amide bonds. The molecular weight excluding hydrogens is 382 g/mol. The van der Waals surface area contributed by atoms with Crippen molar-refractivity contribution in [2.24, 2.45) is 0 Å². The molecule has 0 aliphatic carbocycles. The molecule has 144 valence electrons. The van der Waals surface area contributed by atoms with Crippen molar-refractivity contribution in [3.63, 3.8) is 0 Å². The first-order valence-corrected chi connectivity index (χ1v) is 9.52. The van der Waals surface area contributed by atoms with Crippen molar-refractivity contribution in [1.29, 1.82) is 5.26 Å². The molecule has 3 rings (SSSR count). The summed E-state index contributed by atoms with van der Waals surface area (Å²) >= 11 is 5.88. The molecule has 0 saturated carbocycles. The molecule has 0 fully saturated rings. The number of rotatable bonds is 7. The molecular formula is C24H20ClN3O. The number of hydrogen-bond acceptors (Lipinski definition) is 3. The second kappa shape index (κ2) is 10.1. The molecule has 0 spiro atoms. The summed E-state index contributed by atoms with van der Waals surface area (Å²) in [6.45, 7) is 1.16. The van der Waals surface area contributed by atoms with Crippen molar-refractivity contribution in [1.82, 2.24) is 4.90 Å². The highest BCUT2D eigenvalue weighted by molar-refractivity contribution is 6.30. The van der Waals surface area contributed by atoms with Gasteiger partial charge in [-0.05, 0) is 35.4 Å². The number of amides is 1. The van der Waals surface area contributed by atoms with Gasteiger partial charge >= 0.3 is 0 Å². The van der Waals surface area contributed by atoms with Gasteiger partial charge in [-0.1, -0.05) is 72.3 Å². The molecule has 0 atom stereocenters. The molecule has 0 unspecified atom stereocenters. The minimum absolute atomic E-state index is 0.0341. The Morgan fingerprint density at radius 3 is 1.90 bits per heavy atom. The number of benzene rings is 3. The van der Waals surface area contributed by atoms with E-state index in [-0.39, 0.29) is 5.57 Å². The Hall–Kier alpha value is -3.55. The first kappa shape index (κ1) is 20.2. The summed E-state index contributed by atoms with van der Waals surface area (Å²) in [7, 11) is 0. The molecule has 5 heteroatoms. The predicted octanol–water partition coefficient (Wildman–Crippen LogP) is 5.39. The van der Waals surface area contributed by atoms with Crippen LogP contribution in [0.3, 0.4) is 0 Å². The Labute approximate surface area is 175 Å². The van der Waals surface area contributed by atoms with Gasteiger partial charge in [-0.15, -0.1) is 0 Å². The quantitative estimate of drug-likeness (QED) is 0.426. The number of carbonyl (C=O) groups is 1. The number of nitrogens with zero attached hydrogens (tertiary/aromatic N) is 2. The van der Waals surface area contributed by atoms with E-state index < -0.39 is 5.91 Å². The number of carbonyl (C=O) groups excluding carboxylic acids is 1. The van der Waals surface area contributed by atoms with Crippen LogP contribution in [0.4, 0.5) is 5.69 Å². The third kappa shape index (κ3) is 6.24. The minimum atomic E-state index is -0.457. The van der Waals surface area contributed by atoms with E-state index in [0.717, 1.165) is 11.1 Å². The van der Waals surface area contributed by atoms with Crippen LogP contribution in [0, 0.1) is 11.3 Å².